The van der Waals surface area contributed by atoms with Crippen molar-refractivity contribution in [3.8, 4) is 0 Å². The van der Waals surface area contributed by atoms with Crippen LogP contribution in [0.5, 0.6) is 0 Å². The molecule has 0 aliphatic heterocycles. The molecule has 0 saturated heterocycles. The number of rotatable bonds is 5. The molecule has 0 aliphatic carbocycles. The Morgan fingerprint density at radius 2 is 1.90 bits per heavy atom. The maximum absolute atomic E-state index is 14.0. The monoisotopic (exact) mass is 327 g/mol. The van der Waals surface area contributed by atoms with Gasteiger partial charge < -0.3 is 4.43 Å². The minimum atomic E-state index is -4.24. The first-order chi connectivity index (χ1) is 9.56. The Hall–Kier alpha value is -1.48. The van der Waals surface area contributed by atoms with Crippen LogP contribution >= 0.6 is 0 Å². The molecule has 0 aliphatic rings. The number of hydrogen-bond acceptors (Lipinski definition) is 2. The van der Waals surface area contributed by atoms with Crippen LogP contribution in [0.25, 0.3) is 0 Å². The third-order valence-corrected chi connectivity index (χ3v) is 5.49. The van der Waals surface area contributed by atoms with Crippen LogP contribution in [0.1, 0.15) is 17.3 Å². The molecule has 21 heavy (non-hydrogen) atoms. The van der Waals surface area contributed by atoms with E-state index in [9.17, 15) is 26.8 Å². The Balaban J connectivity index is 3.15. The van der Waals surface area contributed by atoms with Gasteiger partial charge in [-0.3, -0.25) is 4.79 Å². The summed E-state index contributed by atoms with van der Waals surface area (Å²) in [6.45, 7) is 3.38. The molecule has 0 unspecified atom stereocenters. The Bertz CT molecular complexity index is 538. The van der Waals surface area contributed by atoms with Gasteiger partial charge in [-0.25, -0.2) is 8.78 Å². The molecule has 1 aromatic rings. The predicted molar refractivity (Wildman–Crippen MR) is 67.7 cm³/mol. The van der Waals surface area contributed by atoms with Crippen molar-refractivity contribution in [3.63, 3.8) is 0 Å². The molecule has 118 valence electrons. The Kier molecular flexibility index (Phi) is 5.10. The zero-order chi connectivity index (χ0) is 16.4. The van der Waals surface area contributed by atoms with Crippen LogP contribution in [0.3, 0.4) is 0 Å². The first-order valence-electron chi connectivity index (χ1n) is 6.02. The van der Waals surface area contributed by atoms with Gasteiger partial charge in [0.2, 0.25) is 0 Å². The van der Waals surface area contributed by atoms with Gasteiger partial charge in [-0.2, -0.15) is 8.78 Å². The molecule has 0 spiro atoms. The molecule has 0 aromatic heterocycles. The van der Waals surface area contributed by atoms with E-state index in [1.165, 1.54) is 6.92 Å². The number of carbonyl (C=O) groups is 1. The first kappa shape index (κ1) is 17.6. The van der Waals surface area contributed by atoms with Crippen molar-refractivity contribution >= 4 is 14.2 Å². The Morgan fingerprint density at radius 3 is 2.43 bits per heavy atom. The van der Waals surface area contributed by atoms with Crippen molar-refractivity contribution in [2.75, 3.05) is 6.61 Å². The van der Waals surface area contributed by atoms with Gasteiger partial charge in [0, 0.05) is 6.61 Å². The highest BCUT2D eigenvalue weighted by atomic mass is 28.4. The molecule has 1 aromatic carbocycles. The van der Waals surface area contributed by atoms with Gasteiger partial charge in [0.1, 0.15) is 0 Å². The average Bonchev–Trinajstić information content (AvgIpc) is 2.40. The van der Waals surface area contributed by atoms with Gasteiger partial charge >= 0.3 is 5.67 Å². The van der Waals surface area contributed by atoms with Crippen molar-refractivity contribution in [3.05, 3.63) is 35.4 Å². The maximum atomic E-state index is 14.0. The van der Waals surface area contributed by atoms with Crippen molar-refractivity contribution in [1.82, 2.24) is 5.12 Å². The molecular formula is C12H14F5NO2Si. The molecule has 0 radical (unpaired) electrons. The summed E-state index contributed by atoms with van der Waals surface area (Å²) in [5, 5.41) is -1.38. The second-order valence-corrected chi connectivity index (χ2v) is 8.58. The van der Waals surface area contributed by atoms with Gasteiger partial charge in [-0.15, -0.1) is 5.12 Å². The van der Waals surface area contributed by atoms with Gasteiger partial charge in [0.05, 0.1) is 5.56 Å². The van der Waals surface area contributed by atoms with Gasteiger partial charge in [-0.1, -0.05) is 10.5 Å². The second-order valence-electron chi connectivity index (χ2n) is 4.67. The first-order valence-corrected chi connectivity index (χ1v) is 8.93. The zero-order valence-electron chi connectivity index (χ0n) is 11.6. The van der Waals surface area contributed by atoms with E-state index in [4.69, 9.17) is 4.43 Å². The molecule has 0 heterocycles. The number of amides is 1. The summed E-state index contributed by atoms with van der Waals surface area (Å²) in [5.74, 6) is -5.08. The SMILES string of the molecule is CCO[Si](C)(C)C(F)(F)N(F)C(=O)c1cccc(F)c1F. The number of nitrogens with zero attached hydrogens (tertiary/aromatic N) is 1. The van der Waals surface area contributed by atoms with Crippen LogP contribution in [0, 0.1) is 11.6 Å². The molecule has 9 heteroatoms. The molecule has 0 N–H and O–H groups in total. The van der Waals surface area contributed by atoms with Gasteiger partial charge in [0.15, 0.2) is 11.6 Å². The molecular weight excluding hydrogens is 313 g/mol. The van der Waals surface area contributed by atoms with Crippen LogP contribution in [0.4, 0.5) is 22.0 Å². The fraction of sp³-hybridized carbons (Fsp3) is 0.417. The van der Waals surface area contributed by atoms with E-state index in [1.807, 2.05) is 0 Å². The van der Waals surface area contributed by atoms with Crippen molar-refractivity contribution < 1.29 is 31.3 Å². The average molecular weight is 327 g/mol. The summed E-state index contributed by atoms with van der Waals surface area (Å²) >= 11 is 0. The molecule has 1 amide bonds. The lowest BCUT2D eigenvalue weighted by atomic mass is 10.2. The van der Waals surface area contributed by atoms with Crippen molar-refractivity contribution in [1.29, 1.82) is 0 Å². The fourth-order valence-corrected chi connectivity index (χ4v) is 3.06. The third-order valence-electron chi connectivity index (χ3n) is 2.84. The lowest BCUT2D eigenvalue weighted by Crippen LogP contribution is -2.60. The highest BCUT2D eigenvalue weighted by molar-refractivity contribution is 6.73. The van der Waals surface area contributed by atoms with E-state index < -0.39 is 42.2 Å². The summed E-state index contributed by atoms with van der Waals surface area (Å²) in [5.41, 5.74) is -5.35. The van der Waals surface area contributed by atoms with Crippen LogP contribution in [0.15, 0.2) is 18.2 Å². The molecule has 0 atom stereocenters. The predicted octanol–water partition coefficient (Wildman–Crippen LogP) is 3.67. The van der Waals surface area contributed by atoms with E-state index in [2.05, 4.69) is 0 Å². The summed E-state index contributed by atoms with van der Waals surface area (Å²) in [6, 6.07) is 2.33. The standard InChI is InChI=1S/C12H14F5NO2Si/c1-4-20-21(2,3)12(15,16)18(17)11(19)8-6-5-7-9(13)10(8)14/h5-7H,4H2,1-3H3. The molecule has 1 rings (SSSR count). The fourth-order valence-electron chi connectivity index (χ4n) is 1.59. The van der Waals surface area contributed by atoms with Gasteiger partial charge in [0.25, 0.3) is 14.2 Å². The quantitative estimate of drug-likeness (QED) is 0.357. The smallest absolute Gasteiger partial charge is 0.355 e. The number of halogens is 5. The van der Waals surface area contributed by atoms with Crippen LogP contribution in [-0.4, -0.2) is 31.6 Å². The Labute approximate surface area is 119 Å². The minimum Gasteiger partial charge on any atom is -0.409 e. The van der Waals surface area contributed by atoms with E-state index in [0.717, 1.165) is 25.2 Å². The largest absolute Gasteiger partial charge is 0.409 e. The van der Waals surface area contributed by atoms with Crippen molar-refractivity contribution in [2.24, 2.45) is 0 Å². The molecule has 0 saturated carbocycles. The van der Waals surface area contributed by atoms with Crippen LogP contribution in [0.2, 0.25) is 13.1 Å². The summed E-state index contributed by atoms with van der Waals surface area (Å²) in [6.07, 6.45) is 0. The molecule has 3 nitrogen and oxygen atoms in total. The lowest BCUT2D eigenvalue weighted by Gasteiger charge is -2.34. The highest BCUT2D eigenvalue weighted by Crippen LogP contribution is 2.34. The van der Waals surface area contributed by atoms with Crippen molar-refractivity contribution in [2.45, 2.75) is 25.7 Å². The molecule has 0 bridgehead atoms. The minimum absolute atomic E-state index is 0.0921. The Morgan fingerprint density at radius 1 is 1.33 bits per heavy atom. The third kappa shape index (κ3) is 3.23. The van der Waals surface area contributed by atoms with Crippen LogP contribution < -0.4 is 0 Å². The lowest BCUT2D eigenvalue weighted by molar-refractivity contribution is -0.161. The second kappa shape index (κ2) is 6.10. The molecule has 0 fully saturated rings. The topological polar surface area (TPSA) is 29.5 Å². The van der Waals surface area contributed by atoms with E-state index in [0.29, 0.717) is 6.07 Å². The summed E-state index contributed by atoms with van der Waals surface area (Å²) < 4.78 is 73.0. The summed E-state index contributed by atoms with van der Waals surface area (Å²) in [4.78, 5) is 11.6. The van der Waals surface area contributed by atoms with Crippen LogP contribution in [-0.2, 0) is 4.43 Å². The number of carbonyl (C=O) groups excluding carboxylic acids is 1. The summed E-state index contributed by atoms with van der Waals surface area (Å²) in [7, 11) is -3.94. The zero-order valence-corrected chi connectivity index (χ0v) is 12.6. The van der Waals surface area contributed by atoms with E-state index >= 15 is 0 Å². The normalized spacial score (nSPS) is 12.4. The maximum Gasteiger partial charge on any atom is 0.355 e. The number of hydrogen-bond donors (Lipinski definition) is 0. The number of alkyl halides is 2. The van der Waals surface area contributed by atoms with Gasteiger partial charge in [-0.05, 0) is 32.2 Å². The van der Waals surface area contributed by atoms with E-state index in [1.54, 1.807) is 0 Å². The van der Waals surface area contributed by atoms with E-state index in [-0.39, 0.29) is 6.61 Å². The highest BCUT2D eigenvalue weighted by Gasteiger charge is 2.58. The number of benzene rings is 1.